The number of nitrogens with two attached hydrogens (primary N) is 1. The highest BCUT2D eigenvalue weighted by atomic mass is 19.4. The Balaban J connectivity index is 4.46. The molecule has 72 valence electrons. The van der Waals surface area contributed by atoms with E-state index in [2.05, 4.69) is 5.73 Å². The van der Waals surface area contributed by atoms with E-state index in [1.807, 2.05) is 0 Å². The van der Waals surface area contributed by atoms with Crippen LogP contribution >= 0.6 is 0 Å². The van der Waals surface area contributed by atoms with Crippen LogP contribution < -0.4 is 5.73 Å². The Hall–Kier alpha value is -0.780. The molecular formula is C6H10F3NO2. The predicted molar refractivity (Wildman–Crippen MR) is 35.1 cm³/mol. The summed E-state index contributed by atoms with van der Waals surface area (Å²) in [7, 11) is 0. The molecule has 0 aromatic rings. The molecule has 0 fully saturated rings. The Morgan fingerprint density at radius 3 is 2.00 bits per heavy atom. The Kier molecular flexibility index (Phi) is 3.09. The highest BCUT2D eigenvalue weighted by molar-refractivity contribution is 5.83. The fourth-order valence-corrected chi connectivity index (χ4v) is 0.718. The minimum Gasteiger partial charge on any atom is -0.380 e. The SMILES string of the molecule is CCC(O)(CC(F)(F)F)C(N)=O. The van der Waals surface area contributed by atoms with Crippen LogP contribution in [-0.4, -0.2) is 22.8 Å². The summed E-state index contributed by atoms with van der Waals surface area (Å²) in [6.07, 6.45) is -6.52. The number of amides is 1. The first-order chi connectivity index (χ1) is 5.21. The average Bonchev–Trinajstić information content (AvgIpc) is 1.83. The van der Waals surface area contributed by atoms with E-state index in [0.717, 1.165) is 0 Å². The molecule has 1 unspecified atom stereocenters. The monoisotopic (exact) mass is 185 g/mol. The van der Waals surface area contributed by atoms with E-state index in [1.165, 1.54) is 6.92 Å². The first-order valence-corrected chi connectivity index (χ1v) is 3.30. The molecule has 0 saturated heterocycles. The van der Waals surface area contributed by atoms with Gasteiger partial charge < -0.3 is 10.8 Å². The Morgan fingerprint density at radius 1 is 1.50 bits per heavy atom. The zero-order valence-corrected chi connectivity index (χ0v) is 6.48. The van der Waals surface area contributed by atoms with Gasteiger partial charge in [-0.3, -0.25) is 4.79 Å². The molecule has 6 heteroatoms. The number of alkyl halides is 3. The number of rotatable bonds is 3. The molecule has 0 aromatic heterocycles. The first kappa shape index (κ1) is 11.2. The van der Waals surface area contributed by atoms with Crippen molar-refractivity contribution in [2.24, 2.45) is 5.73 Å². The highest BCUT2D eigenvalue weighted by Crippen LogP contribution is 2.29. The number of hydrogen-bond acceptors (Lipinski definition) is 2. The van der Waals surface area contributed by atoms with Gasteiger partial charge in [0.1, 0.15) is 0 Å². The lowest BCUT2D eigenvalue weighted by molar-refractivity contribution is -0.183. The van der Waals surface area contributed by atoms with Crippen LogP contribution in [-0.2, 0) is 4.79 Å². The van der Waals surface area contributed by atoms with E-state index < -0.39 is 24.1 Å². The summed E-state index contributed by atoms with van der Waals surface area (Å²) >= 11 is 0. The average molecular weight is 185 g/mol. The highest BCUT2D eigenvalue weighted by Gasteiger charge is 2.43. The molecule has 0 aromatic carbocycles. The fourth-order valence-electron chi connectivity index (χ4n) is 0.718. The smallest absolute Gasteiger partial charge is 0.380 e. The van der Waals surface area contributed by atoms with Gasteiger partial charge in [-0.1, -0.05) is 6.92 Å². The largest absolute Gasteiger partial charge is 0.392 e. The summed E-state index contributed by atoms with van der Waals surface area (Å²) in [5, 5.41) is 9.04. The van der Waals surface area contributed by atoms with E-state index in [-0.39, 0.29) is 6.42 Å². The third-order valence-electron chi connectivity index (χ3n) is 1.54. The van der Waals surface area contributed by atoms with Gasteiger partial charge in [0, 0.05) is 0 Å². The van der Waals surface area contributed by atoms with E-state index in [0.29, 0.717) is 0 Å². The standard InChI is InChI=1S/C6H10F3NO2/c1-2-5(12,4(10)11)3-6(7,8)9/h12H,2-3H2,1H3,(H2,10,11). The zero-order valence-electron chi connectivity index (χ0n) is 6.48. The van der Waals surface area contributed by atoms with E-state index in [1.54, 1.807) is 0 Å². The summed E-state index contributed by atoms with van der Waals surface area (Å²) in [6, 6.07) is 0. The van der Waals surface area contributed by atoms with Gasteiger partial charge in [0.25, 0.3) is 0 Å². The lowest BCUT2D eigenvalue weighted by Gasteiger charge is -2.23. The number of carbonyl (C=O) groups is 1. The lowest BCUT2D eigenvalue weighted by atomic mass is 9.95. The van der Waals surface area contributed by atoms with Crippen molar-refractivity contribution in [1.82, 2.24) is 0 Å². The first-order valence-electron chi connectivity index (χ1n) is 3.30. The van der Waals surface area contributed by atoms with Crippen molar-refractivity contribution in [3.63, 3.8) is 0 Å². The number of carbonyl (C=O) groups excluding carboxylic acids is 1. The third-order valence-corrected chi connectivity index (χ3v) is 1.54. The second-order valence-corrected chi connectivity index (χ2v) is 2.54. The number of halogens is 3. The fraction of sp³-hybridized carbons (Fsp3) is 0.833. The van der Waals surface area contributed by atoms with Crippen molar-refractivity contribution in [2.45, 2.75) is 31.5 Å². The van der Waals surface area contributed by atoms with Gasteiger partial charge in [-0.2, -0.15) is 13.2 Å². The number of hydrogen-bond donors (Lipinski definition) is 2. The molecule has 12 heavy (non-hydrogen) atoms. The van der Waals surface area contributed by atoms with Crippen molar-refractivity contribution < 1.29 is 23.1 Å². The van der Waals surface area contributed by atoms with Crippen molar-refractivity contribution in [1.29, 1.82) is 0 Å². The summed E-state index contributed by atoms with van der Waals surface area (Å²) in [5.74, 6) is -1.35. The van der Waals surface area contributed by atoms with Crippen LogP contribution in [0, 0.1) is 0 Å². The molecule has 1 atom stereocenters. The van der Waals surface area contributed by atoms with Crippen LogP contribution in [0.25, 0.3) is 0 Å². The maximum Gasteiger partial charge on any atom is 0.392 e. The second-order valence-electron chi connectivity index (χ2n) is 2.54. The second kappa shape index (κ2) is 3.30. The summed E-state index contributed by atoms with van der Waals surface area (Å²) < 4.78 is 35.2. The molecule has 0 spiro atoms. The molecule has 0 aliphatic rings. The topological polar surface area (TPSA) is 63.3 Å². The van der Waals surface area contributed by atoms with E-state index in [9.17, 15) is 18.0 Å². The van der Waals surface area contributed by atoms with Gasteiger partial charge in [-0.15, -0.1) is 0 Å². The van der Waals surface area contributed by atoms with Crippen LogP contribution in [0.1, 0.15) is 19.8 Å². The van der Waals surface area contributed by atoms with Gasteiger partial charge in [0.15, 0.2) is 5.60 Å². The third kappa shape index (κ3) is 3.08. The number of aliphatic hydroxyl groups is 1. The lowest BCUT2D eigenvalue weighted by Crippen LogP contribution is -2.46. The van der Waals surface area contributed by atoms with Crippen LogP contribution in [0.4, 0.5) is 13.2 Å². The van der Waals surface area contributed by atoms with Crippen molar-refractivity contribution >= 4 is 5.91 Å². The van der Waals surface area contributed by atoms with Crippen molar-refractivity contribution in [2.75, 3.05) is 0 Å². The summed E-state index contributed by atoms with van der Waals surface area (Å²) in [5.41, 5.74) is 2.14. The van der Waals surface area contributed by atoms with Gasteiger partial charge in [0.05, 0.1) is 6.42 Å². The number of primary amides is 1. The van der Waals surface area contributed by atoms with Gasteiger partial charge in [-0.05, 0) is 6.42 Å². The van der Waals surface area contributed by atoms with E-state index >= 15 is 0 Å². The van der Waals surface area contributed by atoms with Crippen molar-refractivity contribution in [3.8, 4) is 0 Å². The van der Waals surface area contributed by atoms with Gasteiger partial charge >= 0.3 is 6.18 Å². The summed E-state index contributed by atoms with van der Waals surface area (Å²) in [6.45, 7) is 1.26. The molecule has 0 aliphatic heterocycles. The Bertz CT molecular complexity index is 180. The molecule has 1 amide bonds. The Labute approximate surface area is 67.4 Å². The minimum absolute atomic E-state index is 0.345. The summed E-state index contributed by atoms with van der Waals surface area (Å²) in [4.78, 5) is 10.4. The van der Waals surface area contributed by atoms with Crippen LogP contribution in [0.2, 0.25) is 0 Å². The van der Waals surface area contributed by atoms with Crippen LogP contribution in [0.15, 0.2) is 0 Å². The normalized spacial score (nSPS) is 17.1. The molecule has 3 nitrogen and oxygen atoms in total. The molecule has 0 rings (SSSR count). The molecule has 0 bridgehead atoms. The quantitative estimate of drug-likeness (QED) is 0.674. The molecular weight excluding hydrogens is 175 g/mol. The van der Waals surface area contributed by atoms with E-state index in [4.69, 9.17) is 5.11 Å². The molecule has 3 N–H and O–H groups in total. The van der Waals surface area contributed by atoms with Crippen LogP contribution in [0.5, 0.6) is 0 Å². The molecule has 0 heterocycles. The molecule has 0 aliphatic carbocycles. The van der Waals surface area contributed by atoms with Gasteiger partial charge in [0.2, 0.25) is 5.91 Å². The predicted octanol–water partition coefficient (Wildman–Crippen LogP) is 0.565. The van der Waals surface area contributed by atoms with Gasteiger partial charge in [-0.25, -0.2) is 0 Å². The Morgan fingerprint density at radius 2 is 1.92 bits per heavy atom. The van der Waals surface area contributed by atoms with Crippen LogP contribution in [0.3, 0.4) is 0 Å². The maximum atomic E-state index is 11.7. The zero-order chi connectivity index (χ0) is 9.99. The minimum atomic E-state index is -4.58. The molecule has 0 radical (unpaired) electrons. The maximum absolute atomic E-state index is 11.7. The van der Waals surface area contributed by atoms with Crippen molar-refractivity contribution in [3.05, 3.63) is 0 Å². The molecule has 0 saturated carbocycles.